The van der Waals surface area contributed by atoms with Crippen molar-refractivity contribution in [2.75, 3.05) is 6.61 Å². The Bertz CT molecular complexity index is 255. The Balaban J connectivity index is 1.52. The lowest BCUT2D eigenvalue weighted by molar-refractivity contribution is -0.0159. The molecule has 0 aromatic rings. The highest BCUT2D eigenvalue weighted by Gasteiger charge is 2.59. The van der Waals surface area contributed by atoms with Crippen LogP contribution in [0.3, 0.4) is 0 Å². The van der Waals surface area contributed by atoms with Crippen molar-refractivity contribution in [3.8, 4) is 0 Å². The SMILES string of the molecule is C1CCC(C2OCC3OC32)C2OC2C1. The fourth-order valence-corrected chi connectivity index (χ4v) is 3.25. The molecule has 0 aromatic heterocycles. The van der Waals surface area contributed by atoms with Gasteiger partial charge in [-0.15, -0.1) is 0 Å². The molecule has 6 unspecified atom stereocenters. The molecule has 3 saturated heterocycles. The van der Waals surface area contributed by atoms with Crippen LogP contribution >= 0.6 is 0 Å². The van der Waals surface area contributed by atoms with Gasteiger partial charge in [0, 0.05) is 5.92 Å². The van der Waals surface area contributed by atoms with Gasteiger partial charge in [0.15, 0.2) is 0 Å². The average Bonchev–Trinajstić information content (AvgIpc) is 3.05. The molecule has 1 saturated carbocycles. The zero-order chi connectivity index (χ0) is 9.12. The predicted octanol–water partition coefficient (Wildman–Crippen LogP) is 1.11. The van der Waals surface area contributed by atoms with E-state index in [-0.39, 0.29) is 0 Å². The molecule has 0 bridgehead atoms. The van der Waals surface area contributed by atoms with E-state index in [4.69, 9.17) is 14.2 Å². The molecule has 0 aromatic carbocycles. The molecule has 14 heavy (non-hydrogen) atoms. The van der Waals surface area contributed by atoms with Gasteiger partial charge in [0.1, 0.15) is 12.2 Å². The molecule has 0 amide bonds. The predicted molar refractivity (Wildman–Crippen MR) is 49.0 cm³/mol. The molecule has 3 heterocycles. The van der Waals surface area contributed by atoms with E-state index in [0.29, 0.717) is 36.4 Å². The van der Waals surface area contributed by atoms with Crippen molar-refractivity contribution in [3.63, 3.8) is 0 Å². The summed E-state index contributed by atoms with van der Waals surface area (Å²) in [6, 6.07) is 0. The van der Waals surface area contributed by atoms with Crippen LogP contribution in [-0.2, 0) is 14.2 Å². The van der Waals surface area contributed by atoms with Gasteiger partial charge in [-0.05, 0) is 12.8 Å². The van der Waals surface area contributed by atoms with E-state index in [2.05, 4.69) is 0 Å². The van der Waals surface area contributed by atoms with Crippen LogP contribution in [0.2, 0.25) is 0 Å². The highest BCUT2D eigenvalue weighted by atomic mass is 16.7. The van der Waals surface area contributed by atoms with Crippen LogP contribution in [0.4, 0.5) is 0 Å². The number of ether oxygens (including phenoxy) is 3. The van der Waals surface area contributed by atoms with Crippen LogP contribution in [0.15, 0.2) is 0 Å². The maximum atomic E-state index is 5.80. The second-order valence-electron chi connectivity index (χ2n) is 5.02. The lowest BCUT2D eigenvalue weighted by atomic mass is 9.92. The summed E-state index contributed by atoms with van der Waals surface area (Å²) in [5, 5.41) is 0. The normalized spacial score (nSPS) is 60.0. The lowest BCUT2D eigenvalue weighted by Gasteiger charge is -2.21. The Kier molecular flexibility index (Phi) is 1.57. The molecule has 0 radical (unpaired) electrons. The topological polar surface area (TPSA) is 34.3 Å². The third-order valence-corrected chi connectivity index (χ3v) is 4.14. The minimum atomic E-state index is 0.355. The van der Waals surface area contributed by atoms with Crippen molar-refractivity contribution >= 4 is 0 Å². The van der Waals surface area contributed by atoms with Gasteiger partial charge in [-0.25, -0.2) is 0 Å². The van der Waals surface area contributed by atoms with Crippen LogP contribution in [0.25, 0.3) is 0 Å². The van der Waals surface area contributed by atoms with E-state index < -0.39 is 0 Å². The standard InChI is InChI=1S/C11H16O3/c1-2-4-7-9(13-7)6(3-1)10-11-8(14-11)5-12-10/h6-11H,1-5H2. The maximum absolute atomic E-state index is 5.80. The summed E-state index contributed by atoms with van der Waals surface area (Å²) in [6.07, 6.45) is 7.49. The molecule has 4 rings (SSSR count). The summed E-state index contributed by atoms with van der Waals surface area (Å²) < 4.78 is 17.1. The number of hydrogen-bond donors (Lipinski definition) is 0. The highest BCUT2D eigenvalue weighted by molar-refractivity contribution is 5.05. The third kappa shape index (κ3) is 1.09. The number of hydrogen-bond acceptors (Lipinski definition) is 3. The van der Waals surface area contributed by atoms with Gasteiger partial charge in [-0.1, -0.05) is 12.8 Å². The van der Waals surface area contributed by atoms with Gasteiger partial charge in [0.2, 0.25) is 0 Å². The summed E-state index contributed by atoms with van der Waals surface area (Å²) in [7, 11) is 0. The Morgan fingerprint density at radius 1 is 0.786 bits per heavy atom. The van der Waals surface area contributed by atoms with Crippen molar-refractivity contribution in [2.24, 2.45) is 5.92 Å². The van der Waals surface area contributed by atoms with Crippen molar-refractivity contribution in [2.45, 2.75) is 56.2 Å². The first-order valence-corrected chi connectivity index (χ1v) is 5.86. The summed E-state index contributed by atoms with van der Waals surface area (Å²) >= 11 is 0. The Morgan fingerprint density at radius 2 is 1.64 bits per heavy atom. The second-order valence-corrected chi connectivity index (χ2v) is 5.02. The van der Waals surface area contributed by atoms with Crippen LogP contribution in [0.5, 0.6) is 0 Å². The van der Waals surface area contributed by atoms with E-state index in [1.165, 1.54) is 25.7 Å². The number of rotatable bonds is 1. The van der Waals surface area contributed by atoms with E-state index in [9.17, 15) is 0 Å². The smallest absolute Gasteiger partial charge is 0.113 e. The minimum absolute atomic E-state index is 0.355. The molecule has 4 aliphatic rings. The van der Waals surface area contributed by atoms with Gasteiger partial charge >= 0.3 is 0 Å². The molecule has 4 fully saturated rings. The fraction of sp³-hybridized carbons (Fsp3) is 1.00. The molecule has 6 atom stereocenters. The molecular formula is C11H16O3. The summed E-state index contributed by atoms with van der Waals surface area (Å²) in [5.74, 6) is 0.625. The monoisotopic (exact) mass is 196 g/mol. The second kappa shape index (κ2) is 2.71. The van der Waals surface area contributed by atoms with Gasteiger partial charge in [0.25, 0.3) is 0 Å². The molecule has 78 valence electrons. The van der Waals surface area contributed by atoms with Crippen molar-refractivity contribution in [3.05, 3.63) is 0 Å². The summed E-state index contributed by atoms with van der Waals surface area (Å²) in [6.45, 7) is 0.823. The van der Waals surface area contributed by atoms with Crippen LogP contribution in [0, 0.1) is 5.92 Å². The molecule has 3 aliphatic heterocycles. The molecule has 0 spiro atoms. The first-order valence-electron chi connectivity index (χ1n) is 5.86. The van der Waals surface area contributed by atoms with Crippen molar-refractivity contribution < 1.29 is 14.2 Å². The minimum Gasteiger partial charge on any atom is -0.372 e. The Morgan fingerprint density at radius 3 is 2.43 bits per heavy atom. The fourth-order valence-electron chi connectivity index (χ4n) is 3.25. The Labute approximate surface area is 83.7 Å². The Hall–Kier alpha value is -0.120. The quantitative estimate of drug-likeness (QED) is 0.589. The van der Waals surface area contributed by atoms with Gasteiger partial charge in [-0.2, -0.15) is 0 Å². The van der Waals surface area contributed by atoms with Gasteiger partial charge < -0.3 is 14.2 Å². The number of epoxide rings is 2. The highest BCUT2D eigenvalue weighted by Crippen LogP contribution is 2.47. The van der Waals surface area contributed by atoms with E-state index in [1.807, 2.05) is 0 Å². The van der Waals surface area contributed by atoms with E-state index in [1.54, 1.807) is 0 Å². The molecule has 3 heteroatoms. The number of fused-ring (bicyclic) bond motifs is 2. The molecule has 3 nitrogen and oxygen atoms in total. The van der Waals surface area contributed by atoms with Gasteiger partial charge in [0.05, 0.1) is 24.9 Å². The first kappa shape index (κ1) is 8.08. The maximum Gasteiger partial charge on any atom is 0.113 e. The zero-order valence-corrected chi connectivity index (χ0v) is 8.22. The largest absolute Gasteiger partial charge is 0.372 e. The van der Waals surface area contributed by atoms with Crippen LogP contribution in [-0.4, -0.2) is 37.1 Å². The lowest BCUT2D eigenvalue weighted by Crippen LogP contribution is -2.30. The summed E-state index contributed by atoms with van der Waals surface area (Å²) in [5.41, 5.74) is 0. The van der Waals surface area contributed by atoms with Gasteiger partial charge in [-0.3, -0.25) is 0 Å². The first-order chi connectivity index (χ1) is 6.93. The molecular weight excluding hydrogens is 180 g/mol. The molecule has 1 aliphatic carbocycles. The van der Waals surface area contributed by atoms with Crippen LogP contribution < -0.4 is 0 Å². The van der Waals surface area contributed by atoms with Crippen molar-refractivity contribution in [1.82, 2.24) is 0 Å². The average molecular weight is 196 g/mol. The molecule has 0 N–H and O–H groups in total. The zero-order valence-electron chi connectivity index (χ0n) is 8.22. The van der Waals surface area contributed by atoms with E-state index >= 15 is 0 Å². The van der Waals surface area contributed by atoms with Crippen molar-refractivity contribution in [1.29, 1.82) is 0 Å². The third-order valence-electron chi connectivity index (χ3n) is 4.14. The van der Waals surface area contributed by atoms with E-state index in [0.717, 1.165) is 6.61 Å². The summed E-state index contributed by atoms with van der Waals surface area (Å²) in [4.78, 5) is 0. The van der Waals surface area contributed by atoms with Crippen LogP contribution in [0.1, 0.15) is 25.7 Å².